The van der Waals surface area contributed by atoms with Crippen LogP contribution in [0.1, 0.15) is 27.8 Å². The number of epoxide rings is 2. The van der Waals surface area contributed by atoms with Gasteiger partial charge in [0.2, 0.25) is 0 Å². The Morgan fingerprint density at radius 2 is 1.28 bits per heavy atom. The van der Waals surface area contributed by atoms with Crippen LogP contribution in [0, 0.1) is 20.8 Å². The molecule has 2 atom stereocenters. The number of benzene rings is 1. The summed E-state index contributed by atoms with van der Waals surface area (Å²) < 4.78 is 10.7. The first-order valence-corrected chi connectivity index (χ1v) is 6.68. The molecule has 0 aromatic heterocycles. The number of hydrogen-bond donors (Lipinski definition) is 1. The van der Waals surface area contributed by atoms with E-state index in [1.165, 1.54) is 27.8 Å². The maximum Gasteiger partial charge on any atom is 0.0850 e. The zero-order chi connectivity index (χ0) is 12.9. The summed E-state index contributed by atoms with van der Waals surface area (Å²) >= 11 is 0. The Bertz CT molecular complexity index is 447. The van der Waals surface area contributed by atoms with Crippen molar-refractivity contribution in [1.29, 1.82) is 0 Å². The molecular formula is C15H21NO2. The van der Waals surface area contributed by atoms with Gasteiger partial charge in [0, 0.05) is 18.5 Å². The van der Waals surface area contributed by atoms with Gasteiger partial charge in [-0.1, -0.05) is 0 Å². The second kappa shape index (κ2) is 4.25. The molecule has 0 spiro atoms. The molecule has 1 aromatic rings. The van der Waals surface area contributed by atoms with Gasteiger partial charge in [-0.15, -0.1) is 0 Å². The Kier molecular flexibility index (Phi) is 2.83. The van der Waals surface area contributed by atoms with Gasteiger partial charge in [0.1, 0.15) is 0 Å². The summed E-state index contributed by atoms with van der Waals surface area (Å²) in [6.45, 7) is 8.27. The lowest BCUT2D eigenvalue weighted by Crippen LogP contribution is -2.10. The van der Waals surface area contributed by atoms with Crippen LogP contribution in [0.3, 0.4) is 0 Å². The number of anilines is 1. The van der Waals surface area contributed by atoms with Crippen LogP contribution >= 0.6 is 0 Å². The van der Waals surface area contributed by atoms with Crippen molar-refractivity contribution in [3.8, 4) is 0 Å². The summed E-state index contributed by atoms with van der Waals surface area (Å²) in [6, 6.07) is 0. The van der Waals surface area contributed by atoms with Crippen molar-refractivity contribution in [2.24, 2.45) is 0 Å². The summed E-state index contributed by atoms with van der Waals surface area (Å²) in [6.07, 6.45) is 2.82. The second-order valence-corrected chi connectivity index (χ2v) is 5.56. The van der Waals surface area contributed by atoms with Crippen molar-refractivity contribution in [3.05, 3.63) is 27.8 Å². The zero-order valence-corrected chi connectivity index (χ0v) is 11.4. The molecule has 3 nitrogen and oxygen atoms in total. The van der Waals surface area contributed by atoms with Crippen LogP contribution in [0.5, 0.6) is 0 Å². The topological polar surface area (TPSA) is 51.1 Å². The molecule has 2 saturated heterocycles. The molecule has 0 radical (unpaired) electrons. The zero-order valence-electron chi connectivity index (χ0n) is 11.4. The monoisotopic (exact) mass is 247 g/mol. The lowest BCUT2D eigenvalue weighted by atomic mass is 9.87. The van der Waals surface area contributed by atoms with Crippen molar-refractivity contribution in [1.82, 2.24) is 0 Å². The smallest absolute Gasteiger partial charge is 0.0850 e. The summed E-state index contributed by atoms with van der Waals surface area (Å²) in [4.78, 5) is 0. The lowest BCUT2D eigenvalue weighted by Gasteiger charge is -2.19. The minimum Gasteiger partial charge on any atom is -0.398 e. The van der Waals surface area contributed by atoms with Crippen LogP contribution in [0.15, 0.2) is 0 Å². The van der Waals surface area contributed by atoms with E-state index in [2.05, 4.69) is 20.8 Å². The molecule has 0 saturated carbocycles. The summed E-state index contributed by atoms with van der Waals surface area (Å²) in [7, 11) is 0. The van der Waals surface area contributed by atoms with Crippen LogP contribution in [-0.2, 0) is 22.3 Å². The third-order valence-corrected chi connectivity index (χ3v) is 4.29. The van der Waals surface area contributed by atoms with E-state index in [1.54, 1.807) is 0 Å². The summed E-state index contributed by atoms with van der Waals surface area (Å²) in [5.41, 5.74) is 13.9. The van der Waals surface area contributed by atoms with Gasteiger partial charge in [0.25, 0.3) is 0 Å². The van der Waals surface area contributed by atoms with Crippen LogP contribution in [0.4, 0.5) is 5.69 Å². The van der Waals surface area contributed by atoms with Gasteiger partial charge in [-0.25, -0.2) is 0 Å². The second-order valence-electron chi connectivity index (χ2n) is 5.56. The molecule has 3 heteroatoms. The molecular weight excluding hydrogens is 226 g/mol. The molecule has 18 heavy (non-hydrogen) atoms. The predicted molar refractivity (Wildman–Crippen MR) is 72.0 cm³/mol. The molecule has 2 fully saturated rings. The largest absolute Gasteiger partial charge is 0.398 e. The first-order valence-electron chi connectivity index (χ1n) is 6.68. The van der Waals surface area contributed by atoms with Crippen LogP contribution in [0.2, 0.25) is 0 Å². The minimum absolute atomic E-state index is 0.412. The molecule has 2 unspecified atom stereocenters. The lowest BCUT2D eigenvalue weighted by molar-refractivity contribution is 0.405. The van der Waals surface area contributed by atoms with Gasteiger partial charge in [0.05, 0.1) is 25.4 Å². The maximum atomic E-state index is 6.26. The van der Waals surface area contributed by atoms with E-state index in [9.17, 15) is 0 Å². The molecule has 0 amide bonds. The average Bonchev–Trinajstić information content (AvgIpc) is 3.22. The molecule has 0 bridgehead atoms. The Morgan fingerprint density at radius 3 is 1.61 bits per heavy atom. The molecule has 0 aliphatic carbocycles. The maximum absolute atomic E-state index is 6.26. The predicted octanol–water partition coefficient (Wildman–Crippen LogP) is 2.08. The van der Waals surface area contributed by atoms with Crippen LogP contribution in [-0.4, -0.2) is 25.4 Å². The number of hydrogen-bond acceptors (Lipinski definition) is 3. The highest BCUT2D eigenvalue weighted by Crippen LogP contribution is 2.33. The number of nitrogen functional groups attached to an aromatic ring is 1. The van der Waals surface area contributed by atoms with Gasteiger partial charge in [-0.3, -0.25) is 0 Å². The van der Waals surface area contributed by atoms with E-state index in [-0.39, 0.29) is 0 Å². The highest BCUT2D eigenvalue weighted by atomic mass is 16.6. The number of ether oxygens (including phenoxy) is 2. The average molecular weight is 247 g/mol. The molecule has 2 N–H and O–H groups in total. The van der Waals surface area contributed by atoms with E-state index >= 15 is 0 Å². The van der Waals surface area contributed by atoms with Crippen molar-refractivity contribution in [2.75, 3.05) is 18.9 Å². The Morgan fingerprint density at radius 1 is 0.889 bits per heavy atom. The van der Waals surface area contributed by atoms with Gasteiger partial charge >= 0.3 is 0 Å². The Balaban J connectivity index is 2.02. The van der Waals surface area contributed by atoms with Crippen molar-refractivity contribution in [2.45, 2.75) is 45.8 Å². The van der Waals surface area contributed by atoms with Crippen LogP contribution in [0.25, 0.3) is 0 Å². The summed E-state index contributed by atoms with van der Waals surface area (Å²) in [5, 5.41) is 0. The van der Waals surface area contributed by atoms with E-state index in [1.807, 2.05) is 0 Å². The van der Waals surface area contributed by atoms with Crippen molar-refractivity contribution >= 4 is 5.69 Å². The minimum atomic E-state index is 0.412. The molecule has 3 rings (SSSR count). The van der Waals surface area contributed by atoms with E-state index < -0.39 is 0 Å². The van der Waals surface area contributed by atoms with Crippen LogP contribution < -0.4 is 5.73 Å². The third kappa shape index (κ3) is 2.13. The Hall–Kier alpha value is -1.06. The van der Waals surface area contributed by atoms with Gasteiger partial charge in [-0.05, 0) is 48.6 Å². The first-order chi connectivity index (χ1) is 8.58. The van der Waals surface area contributed by atoms with Crippen molar-refractivity contribution in [3.63, 3.8) is 0 Å². The molecule has 1 aromatic carbocycles. The SMILES string of the molecule is Cc1c(N)c(C)c(CC2CO2)c(C)c1CC1CO1. The van der Waals surface area contributed by atoms with E-state index in [0.717, 1.165) is 31.7 Å². The van der Waals surface area contributed by atoms with E-state index in [0.29, 0.717) is 12.2 Å². The number of rotatable bonds is 4. The third-order valence-electron chi connectivity index (χ3n) is 4.29. The highest BCUT2D eigenvalue weighted by molar-refractivity contribution is 5.63. The molecule has 2 aliphatic rings. The molecule has 2 aliphatic heterocycles. The fourth-order valence-electron chi connectivity index (χ4n) is 2.79. The molecule has 98 valence electrons. The van der Waals surface area contributed by atoms with Gasteiger partial charge in [-0.2, -0.15) is 0 Å². The normalized spacial score (nSPS) is 25.3. The van der Waals surface area contributed by atoms with Gasteiger partial charge in [0.15, 0.2) is 0 Å². The van der Waals surface area contributed by atoms with Gasteiger partial charge < -0.3 is 15.2 Å². The number of nitrogens with two attached hydrogens (primary N) is 1. The fourth-order valence-corrected chi connectivity index (χ4v) is 2.79. The fraction of sp³-hybridized carbons (Fsp3) is 0.600. The quantitative estimate of drug-likeness (QED) is 0.654. The Labute approximate surface area is 108 Å². The standard InChI is InChI=1S/C15H21NO2/c1-8-13(4-11-6-17-11)9(2)15(16)10(3)14(8)5-12-7-18-12/h11-12H,4-7,16H2,1-3H3. The van der Waals surface area contributed by atoms with Crippen molar-refractivity contribution < 1.29 is 9.47 Å². The van der Waals surface area contributed by atoms with E-state index in [4.69, 9.17) is 15.2 Å². The first kappa shape index (κ1) is 12.0. The highest BCUT2D eigenvalue weighted by Gasteiger charge is 2.29. The summed E-state index contributed by atoms with van der Waals surface area (Å²) in [5.74, 6) is 0. The molecule has 2 heterocycles.